The zero-order valence-electron chi connectivity index (χ0n) is 21.3. The summed E-state index contributed by atoms with van der Waals surface area (Å²) < 4.78 is 5.98. The Morgan fingerprint density at radius 1 is 1.09 bits per heavy atom. The van der Waals surface area contributed by atoms with Gasteiger partial charge in [0.25, 0.3) is 0 Å². The maximum Gasteiger partial charge on any atom is 0.407 e. The summed E-state index contributed by atoms with van der Waals surface area (Å²) in [5.41, 5.74) is 6.47. The summed E-state index contributed by atoms with van der Waals surface area (Å²) in [5, 5.41) is 3.28. The third-order valence-electron chi connectivity index (χ3n) is 8.32. The van der Waals surface area contributed by atoms with Gasteiger partial charge in [-0.1, -0.05) is 70.2 Å². The molecule has 4 aliphatic rings. The van der Waals surface area contributed by atoms with Crippen molar-refractivity contribution in [3.8, 4) is 11.1 Å². The van der Waals surface area contributed by atoms with Crippen LogP contribution in [0.3, 0.4) is 0 Å². The Morgan fingerprint density at radius 2 is 1.79 bits per heavy atom. The van der Waals surface area contributed by atoms with Crippen LogP contribution in [0.5, 0.6) is 0 Å². The number of aryl methyl sites for hydroxylation is 1. The molecule has 1 N–H and O–H groups in total. The second-order valence-electron chi connectivity index (χ2n) is 11.9. The van der Waals surface area contributed by atoms with E-state index in [0.29, 0.717) is 11.8 Å². The molecule has 3 saturated heterocycles. The summed E-state index contributed by atoms with van der Waals surface area (Å²) in [6.45, 7) is 12.2. The summed E-state index contributed by atoms with van der Waals surface area (Å²) in [4.78, 5) is 15.4. The minimum atomic E-state index is -0.255. The minimum Gasteiger partial charge on any atom is -0.445 e. The highest BCUT2D eigenvalue weighted by molar-refractivity contribution is 5.70. The molecular weight excluding hydrogens is 420 g/mol. The Kier molecular flexibility index (Phi) is 6.45. The van der Waals surface area contributed by atoms with Crippen molar-refractivity contribution in [1.29, 1.82) is 0 Å². The van der Waals surface area contributed by atoms with E-state index in [1.54, 1.807) is 0 Å². The van der Waals surface area contributed by atoms with Gasteiger partial charge >= 0.3 is 6.09 Å². The van der Waals surface area contributed by atoms with Crippen LogP contribution in [0.4, 0.5) is 4.79 Å². The molecule has 0 unspecified atom stereocenters. The molecule has 1 amide bonds. The van der Waals surface area contributed by atoms with E-state index < -0.39 is 0 Å². The van der Waals surface area contributed by atoms with E-state index in [0.717, 1.165) is 51.7 Å². The number of ether oxygens (including phenoxy) is 1. The number of carbonyl (C=O) groups excluding carboxylic acids is 1. The van der Waals surface area contributed by atoms with E-state index in [1.807, 2.05) is 0 Å². The van der Waals surface area contributed by atoms with Gasteiger partial charge in [-0.15, -0.1) is 0 Å². The van der Waals surface area contributed by atoms with Crippen LogP contribution in [-0.2, 0) is 17.6 Å². The Morgan fingerprint density at radius 3 is 2.44 bits per heavy atom. The van der Waals surface area contributed by atoms with Crippen molar-refractivity contribution in [3.05, 3.63) is 59.2 Å². The van der Waals surface area contributed by atoms with Gasteiger partial charge in [-0.2, -0.15) is 0 Å². The second-order valence-corrected chi connectivity index (χ2v) is 11.9. The fourth-order valence-corrected chi connectivity index (χ4v) is 6.22. The molecule has 3 fully saturated rings. The van der Waals surface area contributed by atoms with Gasteiger partial charge < -0.3 is 10.1 Å². The zero-order chi connectivity index (χ0) is 23.9. The number of nitrogens with one attached hydrogen (secondary N) is 1. The lowest BCUT2D eigenvalue weighted by Gasteiger charge is -2.44. The van der Waals surface area contributed by atoms with Crippen LogP contribution < -0.4 is 5.32 Å². The first-order valence-electron chi connectivity index (χ1n) is 13.2. The number of hydrogen-bond donors (Lipinski definition) is 1. The summed E-state index contributed by atoms with van der Waals surface area (Å²) >= 11 is 0. The van der Waals surface area contributed by atoms with Gasteiger partial charge in [-0.25, -0.2) is 4.79 Å². The van der Waals surface area contributed by atoms with E-state index in [9.17, 15) is 4.79 Å². The minimum absolute atomic E-state index is 0.0128. The van der Waals surface area contributed by atoms with Crippen LogP contribution in [-0.4, -0.2) is 36.7 Å². The number of carbonyl (C=O) groups is 1. The summed E-state index contributed by atoms with van der Waals surface area (Å²) in [7, 11) is 0. The van der Waals surface area contributed by atoms with Crippen LogP contribution in [0, 0.1) is 17.3 Å². The highest BCUT2D eigenvalue weighted by Gasteiger charge is 2.40. The third-order valence-corrected chi connectivity index (χ3v) is 8.32. The molecule has 3 heterocycles. The van der Waals surface area contributed by atoms with Gasteiger partial charge in [0.1, 0.15) is 6.10 Å². The lowest BCUT2D eigenvalue weighted by Crippen LogP contribution is -2.53. The quantitative estimate of drug-likeness (QED) is 0.562. The van der Waals surface area contributed by atoms with Crippen LogP contribution in [0.25, 0.3) is 11.1 Å². The predicted octanol–water partition coefficient (Wildman–Crippen LogP) is 6.39. The van der Waals surface area contributed by atoms with Crippen molar-refractivity contribution in [3.63, 3.8) is 0 Å². The van der Waals surface area contributed by atoms with E-state index in [-0.39, 0.29) is 23.7 Å². The topological polar surface area (TPSA) is 41.6 Å². The number of benzene rings is 2. The molecule has 34 heavy (non-hydrogen) atoms. The standard InChI is InChI=1S/C30H40N2O2/c1-20(2)17-21-5-7-22(8-6-21)24-9-10-26-25(18-24)11-14-30(3,4)28(26)31-29(33)34-27-19-32-15-12-23(27)13-16-32/h5-10,18,20,23,27-28H,11-17,19H2,1-4H3,(H,31,33)/t27-,28+/m1/s1. The van der Waals surface area contributed by atoms with Gasteiger partial charge in [0.2, 0.25) is 0 Å². The Balaban J connectivity index is 1.32. The largest absolute Gasteiger partial charge is 0.445 e. The average Bonchev–Trinajstić information content (AvgIpc) is 2.82. The van der Waals surface area contributed by atoms with Crippen LogP contribution in [0.2, 0.25) is 0 Å². The number of nitrogens with zero attached hydrogens (tertiary/aromatic N) is 1. The Hall–Kier alpha value is -2.33. The predicted molar refractivity (Wildman–Crippen MR) is 138 cm³/mol. The molecule has 2 aromatic carbocycles. The summed E-state index contributed by atoms with van der Waals surface area (Å²) in [6, 6.07) is 15.7. The molecule has 0 spiro atoms. The zero-order valence-corrected chi connectivity index (χ0v) is 21.3. The first-order chi connectivity index (χ1) is 16.3. The molecule has 4 heteroatoms. The molecule has 0 saturated carbocycles. The van der Waals surface area contributed by atoms with Crippen molar-refractivity contribution in [2.75, 3.05) is 19.6 Å². The first kappa shape index (κ1) is 23.4. The third kappa shape index (κ3) is 4.88. The van der Waals surface area contributed by atoms with Crippen molar-refractivity contribution in [1.82, 2.24) is 10.2 Å². The normalized spacial score (nSPS) is 27.3. The molecule has 2 bridgehead atoms. The molecule has 182 valence electrons. The number of amides is 1. The fourth-order valence-electron chi connectivity index (χ4n) is 6.22. The molecule has 6 rings (SSSR count). The van der Waals surface area contributed by atoms with Gasteiger partial charge in [-0.3, -0.25) is 4.90 Å². The smallest absolute Gasteiger partial charge is 0.407 e. The lowest BCUT2D eigenvalue weighted by atomic mass is 9.70. The lowest BCUT2D eigenvalue weighted by molar-refractivity contribution is -0.0353. The SMILES string of the molecule is CC(C)Cc1ccc(-c2ccc3c(c2)CCC(C)(C)[C@H]3NC(=O)O[C@@H]2CN3CCC2CC3)cc1. The van der Waals surface area contributed by atoms with Crippen molar-refractivity contribution >= 4 is 6.09 Å². The van der Waals surface area contributed by atoms with E-state index in [4.69, 9.17) is 4.74 Å². The van der Waals surface area contributed by atoms with Crippen molar-refractivity contribution in [2.24, 2.45) is 17.3 Å². The highest BCUT2D eigenvalue weighted by atomic mass is 16.6. The molecule has 3 aliphatic heterocycles. The molecule has 2 aromatic rings. The highest BCUT2D eigenvalue weighted by Crippen LogP contribution is 2.44. The molecular formula is C30H40N2O2. The van der Waals surface area contributed by atoms with E-state index in [1.165, 1.54) is 27.8 Å². The molecule has 0 aromatic heterocycles. The van der Waals surface area contributed by atoms with Gasteiger partial charge in [-0.05, 0) is 90.3 Å². The molecule has 2 atom stereocenters. The van der Waals surface area contributed by atoms with Gasteiger partial charge in [0, 0.05) is 6.54 Å². The van der Waals surface area contributed by atoms with Gasteiger partial charge in [0.15, 0.2) is 0 Å². The van der Waals surface area contributed by atoms with Crippen molar-refractivity contribution in [2.45, 2.75) is 71.9 Å². The number of fused-ring (bicyclic) bond motifs is 4. The second kappa shape index (κ2) is 9.37. The Labute approximate surface area is 205 Å². The first-order valence-corrected chi connectivity index (χ1v) is 13.2. The number of alkyl carbamates (subject to hydrolysis) is 1. The Bertz CT molecular complexity index is 1020. The van der Waals surface area contributed by atoms with E-state index in [2.05, 4.69) is 80.4 Å². The molecule has 0 radical (unpaired) electrons. The number of rotatable bonds is 5. The van der Waals surface area contributed by atoms with Crippen LogP contribution >= 0.6 is 0 Å². The van der Waals surface area contributed by atoms with E-state index >= 15 is 0 Å². The summed E-state index contributed by atoms with van der Waals surface area (Å²) in [6.07, 6.45) is 5.27. The molecule has 4 nitrogen and oxygen atoms in total. The number of hydrogen-bond acceptors (Lipinski definition) is 3. The maximum absolute atomic E-state index is 13.0. The van der Waals surface area contributed by atoms with Crippen LogP contribution in [0.15, 0.2) is 42.5 Å². The maximum atomic E-state index is 13.0. The van der Waals surface area contributed by atoms with Gasteiger partial charge in [0.05, 0.1) is 6.04 Å². The van der Waals surface area contributed by atoms with Crippen LogP contribution in [0.1, 0.15) is 69.7 Å². The molecule has 1 aliphatic carbocycles. The average molecular weight is 461 g/mol. The monoisotopic (exact) mass is 460 g/mol. The van der Waals surface area contributed by atoms with Crippen molar-refractivity contribution < 1.29 is 9.53 Å². The summed E-state index contributed by atoms with van der Waals surface area (Å²) in [5.74, 6) is 1.19. The number of piperidine rings is 3. The fraction of sp³-hybridized carbons (Fsp3) is 0.567.